The Hall–Kier alpha value is -1.05. The highest BCUT2D eigenvalue weighted by atomic mass is 19.1. The van der Waals surface area contributed by atoms with Crippen LogP contribution in [0.5, 0.6) is 0 Å². The van der Waals surface area contributed by atoms with Crippen molar-refractivity contribution in [2.45, 2.75) is 13.3 Å². The molecule has 0 aliphatic rings. The number of benzene rings is 1. The molecule has 0 aliphatic heterocycles. The first-order chi connectivity index (χ1) is 5.88. The highest BCUT2D eigenvalue weighted by Crippen LogP contribution is 2.12. The van der Waals surface area contributed by atoms with E-state index in [-0.39, 0.29) is 0 Å². The third-order valence-corrected chi connectivity index (χ3v) is 1.76. The first-order valence-electron chi connectivity index (χ1n) is 4.24. The van der Waals surface area contributed by atoms with Gasteiger partial charge in [-0.2, -0.15) is 0 Å². The lowest BCUT2D eigenvalue weighted by atomic mass is 10.3. The highest BCUT2D eigenvalue weighted by molar-refractivity contribution is 5.45. The number of alkyl halides is 1. The Labute approximate surface area is 72.8 Å². The van der Waals surface area contributed by atoms with Crippen molar-refractivity contribution in [1.82, 2.24) is 0 Å². The van der Waals surface area contributed by atoms with Gasteiger partial charge in [-0.3, -0.25) is 0 Å². The summed E-state index contributed by atoms with van der Waals surface area (Å²) in [6.07, 6.45) is 0.971. The molecule has 12 heavy (non-hydrogen) atoms. The third-order valence-electron chi connectivity index (χ3n) is 1.76. The lowest BCUT2D eigenvalue weighted by molar-refractivity contribution is 0.472. The Kier molecular flexibility index (Phi) is 3.58. The summed E-state index contributed by atoms with van der Waals surface area (Å²) < 4.78 is 12.5. The monoisotopic (exact) mass is 167 g/mol. The van der Waals surface area contributed by atoms with E-state index in [1.165, 1.54) is 0 Å². The smallest absolute Gasteiger partial charge is 0.161 e. The molecule has 66 valence electrons. The molecule has 0 aromatic heterocycles. The second kappa shape index (κ2) is 4.75. The molecular weight excluding hydrogens is 153 g/mol. The van der Waals surface area contributed by atoms with Crippen LogP contribution in [0.1, 0.15) is 13.3 Å². The number of halogens is 1. The van der Waals surface area contributed by atoms with E-state index < -0.39 is 6.80 Å². The number of para-hydroxylation sites is 1. The second-order valence-electron chi connectivity index (χ2n) is 2.72. The van der Waals surface area contributed by atoms with Gasteiger partial charge in [-0.1, -0.05) is 25.1 Å². The Morgan fingerprint density at radius 1 is 1.25 bits per heavy atom. The van der Waals surface area contributed by atoms with Crippen molar-refractivity contribution < 1.29 is 4.39 Å². The lowest BCUT2D eigenvalue weighted by Gasteiger charge is -2.19. The largest absolute Gasteiger partial charge is 0.344 e. The third kappa shape index (κ3) is 2.22. The zero-order chi connectivity index (χ0) is 8.81. The minimum Gasteiger partial charge on any atom is -0.344 e. The van der Waals surface area contributed by atoms with E-state index in [0.29, 0.717) is 0 Å². The molecule has 1 rings (SSSR count). The fourth-order valence-corrected chi connectivity index (χ4v) is 1.17. The van der Waals surface area contributed by atoms with Crippen molar-refractivity contribution >= 4 is 5.69 Å². The molecule has 0 heterocycles. The minimum absolute atomic E-state index is 0.405. The molecule has 0 bridgehead atoms. The number of hydrogen-bond donors (Lipinski definition) is 0. The number of rotatable bonds is 4. The average Bonchev–Trinajstić information content (AvgIpc) is 2.15. The predicted octanol–water partition coefficient (Wildman–Crippen LogP) is 2.83. The van der Waals surface area contributed by atoms with Crippen LogP contribution in [-0.2, 0) is 0 Å². The molecule has 0 amide bonds. The summed E-state index contributed by atoms with van der Waals surface area (Å²) in [6, 6.07) is 9.64. The first-order valence-corrected chi connectivity index (χ1v) is 4.24. The number of hydrogen-bond acceptors (Lipinski definition) is 1. The van der Waals surface area contributed by atoms with E-state index >= 15 is 0 Å². The molecule has 1 aromatic carbocycles. The molecular formula is C10H14FN. The fraction of sp³-hybridized carbons (Fsp3) is 0.400. The van der Waals surface area contributed by atoms with E-state index in [1.807, 2.05) is 37.3 Å². The maximum Gasteiger partial charge on any atom is 0.161 e. The molecule has 0 saturated heterocycles. The molecule has 0 N–H and O–H groups in total. The lowest BCUT2D eigenvalue weighted by Crippen LogP contribution is -2.22. The van der Waals surface area contributed by atoms with Gasteiger partial charge in [0.2, 0.25) is 0 Å². The van der Waals surface area contributed by atoms with Gasteiger partial charge in [0.05, 0.1) is 0 Å². The molecule has 0 unspecified atom stereocenters. The van der Waals surface area contributed by atoms with Gasteiger partial charge >= 0.3 is 0 Å². The van der Waals surface area contributed by atoms with Crippen LogP contribution in [0.2, 0.25) is 0 Å². The summed E-state index contributed by atoms with van der Waals surface area (Å²) in [4.78, 5) is 1.72. The summed E-state index contributed by atoms with van der Waals surface area (Å²) in [7, 11) is 0. The molecule has 0 fully saturated rings. The summed E-state index contributed by atoms with van der Waals surface area (Å²) in [5, 5.41) is 0. The van der Waals surface area contributed by atoms with E-state index in [4.69, 9.17) is 0 Å². The van der Waals surface area contributed by atoms with Crippen LogP contribution in [0.3, 0.4) is 0 Å². The van der Waals surface area contributed by atoms with Crippen LogP contribution >= 0.6 is 0 Å². The maximum atomic E-state index is 12.5. The zero-order valence-electron chi connectivity index (χ0n) is 7.33. The van der Waals surface area contributed by atoms with E-state index in [2.05, 4.69) is 0 Å². The van der Waals surface area contributed by atoms with Crippen molar-refractivity contribution in [2.24, 2.45) is 0 Å². The van der Waals surface area contributed by atoms with Crippen LogP contribution in [-0.4, -0.2) is 13.3 Å². The Balaban J connectivity index is 2.66. The Bertz CT molecular complexity index is 210. The van der Waals surface area contributed by atoms with Gasteiger partial charge in [-0.25, -0.2) is 4.39 Å². The van der Waals surface area contributed by atoms with Crippen LogP contribution in [0.15, 0.2) is 30.3 Å². The van der Waals surface area contributed by atoms with Crippen LogP contribution in [0.4, 0.5) is 10.1 Å². The standard InChI is InChI=1S/C10H14FN/c1-2-8-12(9-11)10-6-4-3-5-7-10/h3-7H,2,8-9H2,1H3. The quantitative estimate of drug-likeness (QED) is 0.623. The van der Waals surface area contributed by atoms with Crippen LogP contribution in [0, 0.1) is 0 Å². The van der Waals surface area contributed by atoms with Crippen molar-refractivity contribution in [3.63, 3.8) is 0 Å². The van der Waals surface area contributed by atoms with Crippen molar-refractivity contribution in [2.75, 3.05) is 18.2 Å². The van der Waals surface area contributed by atoms with Gasteiger partial charge < -0.3 is 4.90 Å². The molecule has 0 atom stereocenters. The molecule has 1 aromatic rings. The minimum atomic E-state index is -0.405. The Morgan fingerprint density at radius 2 is 1.92 bits per heavy atom. The van der Waals surface area contributed by atoms with Crippen molar-refractivity contribution in [1.29, 1.82) is 0 Å². The topological polar surface area (TPSA) is 3.24 Å². The second-order valence-corrected chi connectivity index (χ2v) is 2.72. The van der Waals surface area contributed by atoms with Crippen molar-refractivity contribution in [3.8, 4) is 0 Å². The molecule has 1 nitrogen and oxygen atoms in total. The van der Waals surface area contributed by atoms with Crippen LogP contribution < -0.4 is 4.90 Å². The maximum absolute atomic E-state index is 12.5. The SMILES string of the molecule is CCCN(CF)c1ccccc1. The van der Waals surface area contributed by atoms with Crippen molar-refractivity contribution in [3.05, 3.63) is 30.3 Å². The van der Waals surface area contributed by atoms with Gasteiger partial charge in [0.15, 0.2) is 6.80 Å². The predicted molar refractivity (Wildman–Crippen MR) is 50.1 cm³/mol. The molecule has 2 heteroatoms. The average molecular weight is 167 g/mol. The first kappa shape index (κ1) is 9.04. The van der Waals surface area contributed by atoms with Crippen LogP contribution in [0.25, 0.3) is 0 Å². The molecule has 0 saturated carbocycles. The summed E-state index contributed by atoms with van der Waals surface area (Å²) in [5.41, 5.74) is 0.960. The summed E-state index contributed by atoms with van der Waals surface area (Å²) in [6.45, 7) is 2.42. The molecule has 0 spiro atoms. The van der Waals surface area contributed by atoms with E-state index in [0.717, 1.165) is 18.7 Å². The summed E-state index contributed by atoms with van der Waals surface area (Å²) in [5.74, 6) is 0. The van der Waals surface area contributed by atoms with Gasteiger partial charge in [-0.15, -0.1) is 0 Å². The molecule has 0 aliphatic carbocycles. The van der Waals surface area contributed by atoms with Gasteiger partial charge in [0.25, 0.3) is 0 Å². The Morgan fingerprint density at radius 3 is 2.42 bits per heavy atom. The van der Waals surface area contributed by atoms with Gasteiger partial charge in [-0.05, 0) is 18.6 Å². The van der Waals surface area contributed by atoms with E-state index in [9.17, 15) is 4.39 Å². The fourth-order valence-electron chi connectivity index (χ4n) is 1.17. The summed E-state index contributed by atoms with van der Waals surface area (Å²) >= 11 is 0. The molecule has 0 radical (unpaired) electrons. The van der Waals surface area contributed by atoms with Gasteiger partial charge in [0, 0.05) is 12.2 Å². The van der Waals surface area contributed by atoms with Gasteiger partial charge in [0.1, 0.15) is 0 Å². The highest BCUT2D eigenvalue weighted by Gasteiger charge is 2.01. The normalized spacial score (nSPS) is 9.83. The zero-order valence-corrected chi connectivity index (χ0v) is 7.33. The van der Waals surface area contributed by atoms with E-state index in [1.54, 1.807) is 4.90 Å². The number of nitrogens with zero attached hydrogens (tertiary/aromatic N) is 1. The number of anilines is 1.